The second-order valence-electron chi connectivity index (χ2n) is 7.43. The Bertz CT molecular complexity index is 844. The number of anilines is 1. The van der Waals surface area contributed by atoms with Crippen molar-refractivity contribution in [2.45, 2.75) is 20.3 Å². The van der Waals surface area contributed by atoms with E-state index in [1.54, 1.807) is 47.4 Å². The molecule has 0 atom stereocenters. The number of ether oxygens (including phenoxy) is 2. The smallest absolute Gasteiger partial charge is 0.259 e. The van der Waals surface area contributed by atoms with Crippen LogP contribution in [0.1, 0.15) is 41.0 Å². The van der Waals surface area contributed by atoms with Gasteiger partial charge in [-0.2, -0.15) is 0 Å². The van der Waals surface area contributed by atoms with Gasteiger partial charge in [-0.15, -0.1) is 0 Å². The van der Waals surface area contributed by atoms with Crippen LogP contribution in [-0.2, 0) is 4.74 Å². The fraction of sp³-hybridized carbons (Fsp3) is 0.391. The predicted molar refractivity (Wildman–Crippen MR) is 113 cm³/mol. The van der Waals surface area contributed by atoms with Crippen molar-refractivity contribution < 1.29 is 19.1 Å². The molecule has 0 saturated carbocycles. The van der Waals surface area contributed by atoms with Gasteiger partial charge in [0.25, 0.3) is 11.8 Å². The number of morpholine rings is 1. The van der Waals surface area contributed by atoms with Crippen LogP contribution in [0.2, 0.25) is 0 Å². The van der Waals surface area contributed by atoms with Gasteiger partial charge in [0.05, 0.1) is 36.6 Å². The highest BCUT2D eigenvalue weighted by Gasteiger charge is 2.22. The maximum absolute atomic E-state index is 12.9. The van der Waals surface area contributed by atoms with Crippen LogP contribution in [0.4, 0.5) is 5.69 Å². The third-order valence-corrected chi connectivity index (χ3v) is 4.79. The van der Waals surface area contributed by atoms with Crippen molar-refractivity contribution in [1.29, 1.82) is 0 Å². The molecule has 1 saturated heterocycles. The van der Waals surface area contributed by atoms with E-state index in [1.807, 2.05) is 6.07 Å². The van der Waals surface area contributed by atoms with Crippen LogP contribution in [-0.4, -0.2) is 49.6 Å². The van der Waals surface area contributed by atoms with Crippen LogP contribution in [0.5, 0.6) is 5.75 Å². The number of nitrogens with one attached hydrogen (secondary N) is 1. The van der Waals surface area contributed by atoms with E-state index in [4.69, 9.17) is 9.47 Å². The third kappa shape index (κ3) is 5.57. The summed E-state index contributed by atoms with van der Waals surface area (Å²) < 4.78 is 11.2. The summed E-state index contributed by atoms with van der Waals surface area (Å²) in [5, 5.41) is 2.89. The van der Waals surface area contributed by atoms with Crippen molar-refractivity contribution in [1.82, 2.24) is 4.90 Å². The quantitative estimate of drug-likeness (QED) is 0.772. The summed E-state index contributed by atoms with van der Waals surface area (Å²) in [6.07, 6.45) is 0.910. The number of carbonyl (C=O) groups is 2. The largest absolute Gasteiger partial charge is 0.493 e. The van der Waals surface area contributed by atoms with Crippen molar-refractivity contribution in [3.05, 3.63) is 59.7 Å². The van der Waals surface area contributed by atoms with Gasteiger partial charge < -0.3 is 19.7 Å². The topological polar surface area (TPSA) is 67.9 Å². The molecule has 0 aromatic heterocycles. The Morgan fingerprint density at radius 3 is 2.41 bits per heavy atom. The molecule has 2 aromatic carbocycles. The van der Waals surface area contributed by atoms with E-state index in [0.717, 1.165) is 6.42 Å². The number of para-hydroxylation sites is 2. The Balaban J connectivity index is 1.75. The molecule has 1 fully saturated rings. The van der Waals surface area contributed by atoms with Gasteiger partial charge in [-0.05, 0) is 36.6 Å². The minimum atomic E-state index is -0.299. The molecule has 29 heavy (non-hydrogen) atoms. The lowest BCUT2D eigenvalue weighted by Gasteiger charge is -2.27. The van der Waals surface area contributed by atoms with Crippen LogP contribution < -0.4 is 10.1 Å². The molecule has 0 bridgehead atoms. The van der Waals surface area contributed by atoms with Crippen LogP contribution in [0, 0.1) is 5.92 Å². The molecule has 6 heteroatoms. The summed E-state index contributed by atoms with van der Waals surface area (Å²) in [5.74, 6) is 0.662. The van der Waals surface area contributed by atoms with Gasteiger partial charge in [0, 0.05) is 13.1 Å². The van der Waals surface area contributed by atoms with Gasteiger partial charge in [0.15, 0.2) is 0 Å². The number of carbonyl (C=O) groups excluding carboxylic acids is 2. The highest BCUT2D eigenvalue weighted by atomic mass is 16.5. The first kappa shape index (κ1) is 20.9. The van der Waals surface area contributed by atoms with E-state index in [-0.39, 0.29) is 11.8 Å². The molecule has 154 valence electrons. The zero-order valence-electron chi connectivity index (χ0n) is 17.0. The van der Waals surface area contributed by atoms with E-state index in [1.165, 1.54) is 0 Å². The highest BCUT2D eigenvalue weighted by molar-refractivity contribution is 6.10. The van der Waals surface area contributed by atoms with Crippen molar-refractivity contribution in [2.24, 2.45) is 5.92 Å². The standard InChI is InChI=1S/C23H28N2O4/c1-17(2)11-14-29-21-10-6-4-8-19(21)22(26)24-20-9-5-3-7-18(20)23(27)25-12-15-28-16-13-25/h3-10,17H,11-16H2,1-2H3,(H,24,26). The molecule has 0 spiro atoms. The van der Waals surface area contributed by atoms with Crippen molar-refractivity contribution in [2.75, 3.05) is 38.2 Å². The molecule has 2 aromatic rings. The SMILES string of the molecule is CC(C)CCOc1ccccc1C(=O)Nc1ccccc1C(=O)N1CCOCC1. The van der Waals surface area contributed by atoms with E-state index < -0.39 is 0 Å². The van der Waals surface area contributed by atoms with Gasteiger partial charge in [-0.1, -0.05) is 38.1 Å². The third-order valence-electron chi connectivity index (χ3n) is 4.79. The zero-order chi connectivity index (χ0) is 20.6. The first-order valence-electron chi connectivity index (χ1n) is 10.1. The van der Waals surface area contributed by atoms with E-state index in [0.29, 0.717) is 61.4 Å². The Hall–Kier alpha value is -2.86. The van der Waals surface area contributed by atoms with Crippen molar-refractivity contribution in [3.8, 4) is 5.75 Å². The molecule has 0 aliphatic carbocycles. The minimum Gasteiger partial charge on any atom is -0.493 e. The summed E-state index contributed by atoms with van der Waals surface area (Å²) in [5.41, 5.74) is 1.41. The molecule has 3 rings (SSSR count). The predicted octanol–water partition coefficient (Wildman–Crippen LogP) is 3.84. The molecule has 1 aliphatic rings. The highest BCUT2D eigenvalue weighted by Crippen LogP contribution is 2.23. The number of hydrogen-bond donors (Lipinski definition) is 1. The maximum atomic E-state index is 12.9. The molecule has 6 nitrogen and oxygen atoms in total. The van der Waals surface area contributed by atoms with Gasteiger partial charge in [0.1, 0.15) is 5.75 Å². The van der Waals surface area contributed by atoms with E-state index in [9.17, 15) is 9.59 Å². The Kier molecular flexibility index (Phi) is 7.25. The lowest BCUT2D eigenvalue weighted by atomic mass is 10.1. The molecule has 1 heterocycles. The second kappa shape index (κ2) is 10.1. The first-order chi connectivity index (χ1) is 14.1. The van der Waals surface area contributed by atoms with E-state index in [2.05, 4.69) is 19.2 Å². The van der Waals surface area contributed by atoms with Crippen molar-refractivity contribution in [3.63, 3.8) is 0 Å². The van der Waals surface area contributed by atoms with Gasteiger partial charge in [-0.3, -0.25) is 9.59 Å². The summed E-state index contributed by atoms with van der Waals surface area (Å²) in [6, 6.07) is 14.2. The van der Waals surface area contributed by atoms with E-state index >= 15 is 0 Å². The van der Waals surface area contributed by atoms with Crippen LogP contribution in [0.3, 0.4) is 0 Å². The summed E-state index contributed by atoms with van der Waals surface area (Å²) in [6.45, 7) is 6.97. The molecule has 1 N–H and O–H groups in total. The average Bonchev–Trinajstić information content (AvgIpc) is 2.74. The van der Waals surface area contributed by atoms with Crippen LogP contribution in [0.25, 0.3) is 0 Å². The Morgan fingerprint density at radius 1 is 1.03 bits per heavy atom. The summed E-state index contributed by atoms with van der Waals surface area (Å²) >= 11 is 0. The van der Waals surface area contributed by atoms with Gasteiger partial charge >= 0.3 is 0 Å². The van der Waals surface area contributed by atoms with Crippen molar-refractivity contribution >= 4 is 17.5 Å². The molecule has 0 unspecified atom stereocenters. The molecular weight excluding hydrogens is 368 g/mol. The number of hydrogen-bond acceptors (Lipinski definition) is 4. The lowest BCUT2D eigenvalue weighted by Crippen LogP contribution is -2.41. The van der Waals surface area contributed by atoms with Gasteiger partial charge in [-0.25, -0.2) is 0 Å². The second-order valence-corrected chi connectivity index (χ2v) is 7.43. The normalized spacial score (nSPS) is 14.0. The molecule has 0 radical (unpaired) electrons. The number of benzene rings is 2. The summed E-state index contributed by atoms with van der Waals surface area (Å²) in [7, 11) is 0. The molecule has 2 amide bonds. The van der Waals surface area contributed by atoms with Gasteiger partial charge in [0.2, 0.25) is 0 Å². The maximum Gasteiger partial charge on any atom is 0.259 e. The average molecular weight is 396 g/mol. The number of nitrogens with zero attached hydrogens (tertiary/aromatic N) is 1. The lowest BCUT2D eigenvalue weighted by molar-refractivity contribution is 0.0303. The fourth-order valence-electron chi connectivity index (χ4n) is 3.09. The fourth-order valence-corrected chi connectivity index (χ4v) is 3.09. The van der Waals surface area contributed by atoms with Crippen LogP contribution >= 0.6 is 0 Å². The minimum absolute atomic E-state index is 0.106. The molecular formula is C23H28N2O4. The Labute approximate surface area is 171 Å². The van der Waals surface area contributed by atoms with Crippen LogP contribution in [0.15, 0.2) is 48.5 Å². The zero-order valence-corrected chi connectivity index (χ0v) is 17.0. The number of amides is 2. The Morgan fingerprint density at radius 2 is 1.69 bits per heavy atom. The first-order valence-corrected chi connectivity index (χ1v) is 10.1. The monoisotopic (exact) mass is 396 g/mol. The summed E-state index contributed by atoms with van der Waals surface area (Å²) in [4.78, 5) is 27.6. The molecule has 1 aliphatic heterocycles. The number of rotatable bonds is 7.